The highest BCUT2D eigenvalue weighted by molar-refractivity contribution is 6.03. The molecule has 0 heterocycles. The largest absolute Gasteiger partial charge is 0.319 e. The summed E-state index contributed by atoms with van der Waals surface area (Å²) in [6, 6.07) is 5.60. The summed E-state index contributed by atoms with van der Waals surface area (Å²) in [6.45, 7) is 0. The van der Waals surface area contributed by atoms with Gasteiger partial charge in [-0.3, -0.25) is 4.79 Å². The van der Waals surface area contributed by atoms with Gasteiger partial charge in [0.1, 0.15) is 5.82 Å². The molecule has 0 spiro atoms. The molecule has 1 aromatic rings. The first kappa shape index (κ1) is 10.3. The molecule has 1 saturated carbocycles. The first-order valence-corrected chi connectivity index (χ1v) is 5.21. The molecule has 0 aromatic heterocycles. The van der Waals surface area contributed by atoms with Gasteiger partial charge in [0.05, 0.1) is 5.54 Å². The normalized spacial score (nSPS) is 19.1. The maximum atomic E-state index is 12.7. The average molecular weight is 207 g/mol. The predicted octanol–water partition coefficient (Wildman–Crippen LogP) is 2.28. The third-order valence-electron chi connectivity index (χ3n) is 3.05. The molecule has 2 N–H and O–H groups in total. The Morgan fingerprint density at radius 1 is 1.20 bits per heavy atom. The van der Waals surface area contributed by atoms with Crippen LogP contribution in [0.4, 0.5) is 4.39 Å². The van der Waals surface area contributed by atoms with Crippen LogP contribution in [0, 0.1) is 5.82 Å². The highest BCUT2D eigenvalue weighted by atomic mass is 19.1. The topological polar surface area (TPSA) is 43.1 Å². The fourth-order valence-electron chi connectivity index (χ4n) is 2.12. The second-order valence-electron chi connectivity index (χ2n) is 4.20. The Morgan fingerprint density at radius 3 is 2.27 bits per heavy atom. The van der Waals surface area contributed by atoms with E-state index in [0.29, 0.717) is 5.56 Å². The second kappa shape index (κ2) is 3.74. The quantitative estimate of drug-likeness (QED) is 0.756. The molecule has 1 aliphatic rings. The van der Waals surface area contributed by atoms with E-state index in [2.05, 4.69) is 0 Å². The third kappa shape index (κ3) is 1.92. The molecule has 0 amide bonds. The average Bonchev–Trinajstić information content (AvgIpc) is 2.67. The van der Waals surface area contributed by atoms with Gasteiger partial charge in [-0.05, 0) is 37.1 Å². The summed E-state index contributed by atoms with van der Waals surface area (Å²) in [7, 11) is 0. The van der Waals surface area contributed by atoms with Crippen molar-refractivity contribution >= 4 is 5.78 Å². The van der Waals surface area contributed by atoms with Gasteiger partial charge in [0.15, 0.2) is 5.78 Å². The maximum Gasteiger partial charge on any atom is 0.182 e. The summed E-state index contributed by atoms with van der Waals surface area (Å²) in [6.07, 6.45) is 3.49. The number of hydrogen-bond acceptors (Lipinski definition) is 2. The summed E-state index contributed by atoms with van der Waals surface area (Å²) in [5.41, 5.74) is 5.83. The molecule has 0 aliphatic heterocycles. The smallest absolute Gasteiger partial charge is 0.182 e. The van der Waals surface area contributed by atoms with E-state index in [9.17, 15) is 9.18 Å². The Morgan fingerprint density at radius 2 is 1.73 bits per heavy atom. The lowest BCUT2D eigenvalue weighted by Crippen LogP contribution is -2.45. The molecule has 2 rings (SSSR count). The summed E-state index contributed by atoms with van der Waals surface area (Å²) < 4.78 is 12.7. The molecule has 1 fully saturated rings. The number of halogens is 1. The van der Waals surface area contributed by atoms with Gasteiger partial charge in [-0.1, -0.05) is 12.8 Å². The van der Waals surface area contributed by atoms with Gasteiger partial charge >= 0.3 is 0 Å². The third-order valence-corrected chi connectivity index (χ3v) is 3.05. The lowest BCUT2D eigenvalue weighted by Gasteiger charge is -2.21. The maximum absolute atomic E-state index is 12.7. The number of benzene rings is 1. The number of ketones is 1. The minimum Gasteiger partial charge on any atom is -0.319 e. The van der Waals surface area contributed by atoms with Crippen LogP contribution in [0.5, 0.6) is 0 Å². The molecule has 0 unspecified atom stereocenters. The molecule has 0 saturated heterocycles. The number of Topliss-reactive ketones (excluding diaryl/α,β-unsaturated/α-hetero) is 1. The van der Waals surface area contributed by atoms with Crippen LogP contribution in [0.1, 0.15) is 36.0 Å². The molecule has 15 heavy (non-hydrogen) atoms. The first-order valence-electron chi connectivity index (χ1n) is 5.21. The van der Waals surface area contributed by atoms with E-state index < -0.39 is 5.54 Å². The van der Waals surface area contributed by atoms with E-state index in [1.165, 1.54) is 24.3 Å². The van der Waals surface area contributed by atoms with Gasteiger partial charge in [0.2, 0.25) is 0 Å². The summed E-state index contributed by atoms with van der Waals surface area (Å²) in [5, 5.41) is 0. The lowest BCUT2D eigenvalue weighted by molar-refractivity contribution is 0.0892. The molecule has 1 aromatic carbocycles. The first-order chi connectivity index (χ1) is 7.12. The number of hydrogen-bond donors (Lipinski definition) is 1. The summed E-state index contributed by atoms with van der Waals surface area (Å²) in [4.78, 5) is 12.0. The van der Waals surface area contributed by atoms with Crippen LogP contribution in [0.3, 0.4) is 0 Å². The van der Waals surface area contributed by atoms with Crippen LogP contribution >= 0.6 is 0 Å². The van der Waals surface area contributed by atoms with Crippen molar-refractivity contribution in [2.24, 2.45) is 5.73 Å². The van der Waals surface area contributed by atoms with Gasteiger partial charge < -0.3 is 5.73 Å². The van der Waals surface area contributed by atoms with Crippen LogP contribution in [-0.2, 0) is 0 Å². The SMILES string of the molecule is NC1(C(=O)c2ccc(F)cc2)CCCC1. The molecule has 0 radical (unpaired) electrons. The van der Waals surface area contributed by atoms with E-state index in [0.717, 1.165) is 25.7 Å². The van der Waals surface area contributed by atoms with E-state index >= 15 is 0 Å². The van der Waals surface area contributed by atoms with E-state index in [-0.39, 0.29) is 11.6 Å². The Hall–Kier alpha value is -1.22. The van der Waals surface area contributed by atoms with Gasteiger partial charge in [-0.2, -0.15) is 0 Å². The lowest BCUT2D eigenvalue weighted by atomic mass is 9.89. The Bertz CT molecular complexity index is 366. The molecule has 1 aliphatic carbocycles. The zero-order chi connectivity index (χ0) is 10.9. The summed E-state index contributed by atoms with van der Waals surface area (Å²) >= 11 is 0. The van der Waals surface area contributed by atoms with Gasteiger partial charge in [0.25, 0.3) is 0 Å². The summed E-state index contributed by atoms with van der Waals surface area (Å²) in [5.74, 6) is -0.385. The Balaban J connectivity index is 2.24. The molecule has 80 valence electrons. The van der Waals surface area contributed by atoms with Gasteiger partial charge in [-0.25, -0.2) is 4.39 Å². The number of nitrogens with two attached hydrogens (primary N) is 1. The standard InChI is InChI=1S/C12H14FNO/c13-10-5-3-9(4-6-10)11(15)12(14)7-1-2-8-12/h3-6H,1-2,7-8,14H2. The van der Waals surface area contributed by atoms with Crippen LogP contribution in [0.25, 0.3) is 0 Å². The van der Waals surface area contributed by atoms with Crippen molar-refractivity contribution in [2.45, 2.75) is 31.2 Å². The molecule has 2 nitrogen and oxygen atoms in total. The minimum absolute atomic E-state index is 0.0556. The predicted molar refractivity (Wildman–Crippen MR) is 56.1 cm³/mol. The van der Waals surface area contributed by atoms with Crippen molar-refractivity contribution in [3.63, 3.8) is 0 Å². The highest BCUT2D eigenvalue weighted by Crippen LogP contribution is 2.30. The van der Waals surface area contributed by atoms with Crippen molar-refractivity contribution < 1.29 is 9.18 Å². The van der Waals surface area contributed by atoms with Crippen LogP contribution in [-0.4, -0.2) is 11.3 Å². The molecule has 3 heteroatoms. The zero-order valence-corrected chi connectivity index (χ0v) is 8.50. The van der Waals surface area contributed by atoms with Crippen molar-refractivity contribution in [1.82, 2.24) is 0 Å². The fraction of sp³-hybridized carbons (Fsp3) is 0.417. The molecular weight excluding hydrogens is 193 g/mol. The monoisotopic (exact) mass is 207 g/mol. The van der Waals surface area contributed by atoms with Gasteiger partial charge in [0, 0.05) is 5.56 Å². The van der Waals surface area contributed by atoms with E-state index in [4.69, 9.17) is 5.73 Å². The van der Waals surface area contributed by atoms with Crippen molar-refractivity contribution in [3.05, 3.63) is 35.6 Å². The van der Waals surface area contributed by atoms with E-state index in [1.807, 2.05) is 0 Å². The van der Waals surface area contributed by atoms with Crippen molar-refractivity contribution in [1.29, 1.82) is 0 Å². The van der Waals surface area contributed by atoms with E-state index in [1.54, 1.807) is 0 Å². The van der Waals surface area contributed by atoms with Crippen LogP contribution in [0.15, 0.2) is 24.3 Å². The molecular formula is C12H14FNO. The number of rotatable bonds is 2. The second-order valence-corrected chi connectivity index (χ2v) is 4.20. The van der Waals surface area contributed by atoms with Crippen LogP contribution < -0.4 is 5.73 Å². The van der Waals surface area contributed by atoms with Crippen LogP contribution in [0.2, 0.25) is 0 Å². The van der Waals surface area contributed by atoms with Crippen molar-refractivity contribution in [2.75, 3.05) is 0 Å². The Kier molecular flexibility index (Phi) is 2.57. The Labute approximate surface area is 88.3 Å². The zero-order valence-electron chi connectivity index (χ0n) is 8.50. The highest BCUT2D eigenvalue weighted by Gasteiger charge is 2.37. The molecule has 0 atom stereocenters. The number of carbonyl (C=O) groups excluding carboxylic acids is 1. The minimum atomic E-state index is -0.710. The fourth-order valence-corrected chi connectivity index (χ4v) is 2.12. The molecule has 0 bridgehead atoms. The number of carbonyl (C=O) groups is 1. The van der Waals surface area contributed by atoms with Crippen molar-refractivity contribution in [3.8, 4) is 0 Å². The van der Waals surface area contributed by atoms with Gasteiger partial charge in [-0.15, -0.1) is 0 Å².